The van der Waals surface area contributed by atoms with Crippen molar-refractivity contribution >= 4 is 5.96 Å². The van der Waals surface area contributed by atoms with E-state index in [1.807, 2.05) is 38.1 Å². The zero-order chi connectivity index (χ0) is 21.1. The molecule has 7 heteroatoms. The normalized spacial score (nSPS) is 11.1. The molecule has 0 unspecified atom stereocenters. The third-order valence-electron chi connectivity index (χ3n) is 4.15. The Morgan fingerprint density at radius 3 is 2.62 bits per heavy atom. The van der Waals surface area contributed by atoms with E-state index >= 15 is 0 Å². The lowest BCUT2D eigenvalue weighted by Gasteiger charge is -2.14. The van der Waals surface area contributed by atoms with Crippen LogP contribution >= 0.6 is 0 Å². The molecule has 0 amide bonds. The van der Waals surface area contributed by atoms with Gasteiger partial charge in [0.05, 0.1) is 24.8 Å². The Kier molecular flexibility index (Phi) is 8.93. The van der Waals surface area contributed by atoms with Crippen LogP contribution in [-0.2, 0) is 17.8 Å². The summed E-state index contributed by atoms with van der Waals surface area (Å²) in [5.74, 6) is 0.930. The van der Waals surface area contributed by atoms with Gasteiger partial charge in [-0.05, 0) is 37.6 Å². The third-order valence-corrected chi connectivity index (χ3v) is 4.15. The molecule has 0 aliphatic rings. The topological polar surface area (TPSA) is 78.7 Å². The molecule has 2 rings (SSSR count). The van der Waals surface area contributed by atoms with E-state index in [2.05, 4.69) is 15.6 Å². The van der Waals surface area contributed by atoms with Crippen LogP contribution in [0.5, 0.6) is 5.75 Å². The second-order valence-electron chi connectivity index (χ2n) is 6.42. The summed E-state index contributed by atoms with van der Waals surface area (Å²) in [7, 11) is 1.63. The van der Waals surface area contributed by atoms with E-state index < -0.39 is 5.82 Å². The van der Waals surface area contributed by atoms with E-state index in [9.17, 15) is 4.39 Å². The van der Waals surface area contributed by atoms with Crippen molar-refractivity contribution in [1.82, 2.24) is 10.6 Å². The molecule has 0 fully saturated rings. The highest BCUT2D eigenvalue weighted by Gasteiger charge is 2.07. The molecule has 0 atom stereocenters. The number of nitrogens with zero attached hydrogens (tertiary/aromatic N) is 2. The molecule has 0 radical (unpaired) electrons. The molecular weight excluding hydrogens is 371 g/mol. The van der Waals surface area contributed by atoms with Crippen LogP contribution in [0, 0.1) is 24.1 Å². The lowest BCUT2D eigenvalue weighted by Crippen LogP contribution is -2.37. The van der Waals surface area contributed by atoms with Crippen molar-refractivity contribution in [3.63, 3.8) is 0 Å². The summed E-state index contributed by atoms with van der Waals surface area (Å²) in [6.45, 7) is 6.29. The van der Waals surface area contributed by atoms with Gasteiger partial charge in [0, 0.05) is 31.3 Å². The Labute approximate surface area is 171 Å². The van der Waals surface area contributed by atoms with Gasteiger partial charge in [-0.25, -0.2) is 9.38 Å². The number of rotatable bonds is 9. The number of nitrogens with one attached hydrogen (secondary N) is 2. The minimum atomic E-state index is -0.417. The van der Waals surface area contributed by atoms with Crippen LogP contribution < -0.4 is 15.4 Å². The Morgan fingerprint density at radius 2 is 1.93 bits per heavy atom. The number of hydrogen-bond acceptors (Lipinski definition) is 4. The average molecular weight is 398 g/mol. The number of hydrogen-bond donors (Lipinski definition) is 2. The second kappa shape index (κ2) is 11.7. The number of aryl methyl sites for hydroxylation is 1. The molecular formula is C22H27FN4O2. The second-order valence-corrected chi connectivity index (χ2v) is 6.42. The fourth-order valence-electron chi connectivity index (χ4n) is 2.61. The average Bonchev–Trinajstić information content (AvgIpc) is 2.72. The van der Waals surface area contributed by atoms with Crippen LogP contribution in [-0.4, -0.2) is 32.8 Å². The van der Waals surface area contributed by atoms with Crippen LogP contribution in [0.25, 0.3) is 0 Å². The van der Waals surface area contributed by atoms with Crippen LogP contribution in [0.15, 0.2) is 41.4 Å². The summed E-state index contributed by atoms with van der Waals surface area (Å²) in [5.41, 5.74) is 2.82. The fourth-order valence-corrected chi connectivity index (χ4v) is 2.61. The molecule has 2 aromatic carbocycles. The quantitative estimate of drug-likeness (QED) is 0.385. The molecule has 0 aliphatic carbocycles. The Balaban J connectivity index is 2.08. The number of benzene rings is 2. The fraction of sp³-hybridized carbons (Fsp3) is 0.364. The third kappa shape index (κ3) is 7.09. The summed E-state index contributed by atoms with van der Waals surface area (Å²) in [6.07, 6.45) is 0. The highest BCUT2D eigenvalue weighted by molar-refractivity contribution is 5.79. The molecule has 2 N–H and O–H groups in total. The van der Waals surface area contributed by atoms with Gasteiger partial charge < -0.3 is 20.1 Å². The zero-order valence-electron chi connectivity index (χ0n) is 17.1. The highest BCUT2D eigenvalue weighted by atomic mass is 19.1. The number of guanidine groups is 1. The summed E-state index contributed by atoms with van der Waals surface area (Å²) < 4.78 is 24.9. The molecule has 0 heterocycles. The van der Waals surface area contributed by atoms with Gasteiger partial charge in [0.2, 0.25) is 0 Å². The van der Waals surface area contributed by atoms with Gasteiger partial charge in [-0.3, -0.25) is 0 Å². The lowest BCUT2D eigenvalue weighted by atomic mass is 10.1. The molecule has 0 aliphatic heterocycles. The van der Waals surface area contributed by atoms with Crippen molar-refractivity contribution in [3.8, 4) is 11.8 Å². The van der Waals surface area contributed by atoms with E-state index in [1.165, 1.54) is 6.07 Å². The molecule has 0 bridgehead atoms. The van der Waals surface area contributed by atoms with Crippen LogP contribution in [0.2, 0.25) is 0 Å². The molecule has 0 aromatic heterocycles. The maximum Gasteiger partial charge on any atom is 0.191 e. The molecule has 154 valence electrons. The van der Waals surface area contributed by atoms with E-state index in [1.54, 1.807) is 19.2 Å². The highest BCUT2D eigenvalue weighted by Crippen LogP contribution is 2.21. The monoisotopic (exact) mass is 398 g/mol. The first kappa shape index (κ1) is 22.2. The van der Waals surface area contributed by atoms with Gasteiger partial charge in [-0.15, -0.1) is 0 Å². The Hall–Kier alpha value is -3.11. The summed E-state index contributed by atoms with van der Waals surface area (Å²) >= 11 is 0. The van der Waals surface area contributed by atoms with Crippen LogP contribution in [0.1, 0.15) is 29.2 Å². The first-order chi connectivity index (χ1) is 14.1. The molecule has 0 spiro atoms. The number of nitriles is 1. The van der Waals surface area contributed by atoms with Crippen LogP contribution in [0.4, 0.5) is 4.39 Å². The van der Waals surface area contributed by atoms with Gasteiger partial charge >= 0.3 is 0 Å². The zero-order valence-corrected chi connectivity index (χ0v) is 17.1. The summed E-state index contributed by atoms with van der Waals surface area (Å²) in [6, 6.07) is 12.3. The van der Waals surface area contributed by atoms with Crippen molar-refractivity contribution in [2.24, 2.45) is 4.99 Å². The molecule has 0 saturated carbocycles. The van der Waals surface area contributed by atoms with Crippen molar-refractivity contribution in [2.75, 3.05) is 26.9 Å². The van der Waals surface area contributed by atoms with Gasteiger partial charge in [-0.2, -0.15) is 5.26 Å². The maximum atomic E-state index is 14.1. The molecule has 6 nitrogen and oxygen atoms in total. The maximum absolute atomic E-state index is 14.1. The summed E-state index contributed by atoms with van der Waals surface area (Å²) in [5, 5.41) is 15.1. The molecule has 2 aromatic rings. The minimum Gasteiger partial charge on any atom is -0.491 e. The largest absolute Gasteiger partial charge is 0.491 e. The first-order valence-corrected chi connectivity index (χ1v) is 9.49. The lowest BCUT2D eigenvalue weighted by molar-refractivity contribution is 0.145. The number of halogens is 1. The van der Waals surface area contributed by atoms with Gasteiger partial charge in [0.1, 0.15) is 18.2 Å². The number of methoxy groups -OCH3 is 1. The summed E-state index contributed by atoms with van der Waals surface area (Å²) in [4.78, 5) is 4.59. The van der Waals surface area contributed by atoms with E-state index in [-0.39, 0.29) is 6.54 Å². The number of ether oxygens (including phenoxy) is 2. The van der Waals surface area contributed by atoms with Crippen molar-refractivity contribution in [2.45, 2.75) is 26.9 Å². The predicted octanol–water partition coefficient (Wildman–Crippen LogP) is 3.29. The smallest absolute Gasteiger partial charge is 0.191 e. The Morgan fingerprint density at radius 1 is 1.14 bits per heavy atom. The SMILES string of the molecule is CCNC(=NCc1ccc(C)cc1OCCOC)NCc1ccc(C#N)cc1F. The van der Waals surface area contributed by atoms with Crippen molar-refractivity contribution in [3.05, 3.63) is 64.5 Å². The van der Waals surface area contributed by atoms with Crippen LogP contribution in [0.3, 0.4) is 0 Å². The molecule has 29 heavy (non-hydrogen) atoms. The van der Waals surface area contributed by atoms with Crippen molar-refractivity contribution in [1.29, 1.82) is 5.26 Å². The van der Waals surface area contributed by atoms with Gasteiger partial charge in [-0.1, -0.05) is 18.2 Å². The predicted molar refractivity (Wildman–Crippen MR) is 111 cm³/mol. The van der Waals surface area contributed by atoms with Crippen molar-refractivity contribution < 1.29 is 13.9 Å². The van der Waals surface area contributed by atoms with Gasteiger partial charge in [0.15, 0.2) is 5.96 Å². The standard InChI is InChI=1S/C22H27FN4O2/c1-4-25-22(26-14-18-8-6-17(13-24)12-20(18)23)27-15-19-7-5-16(2)11-21(19)29-10-9-28-3/h5-8,11-12H,4,9-10,14-15H2,1-3H3,(H2,25,26,27). The van der Waals surface area contributed by atoms with E-state index in [4.69, 9.17) is 14.7 Å². The molecule has 0 saturated heterocycles. The first-order valence-electron chi connectivity index (χ1n) is 9.49. The van der Waals surface area contributed by atoms with E-state index in [0.29, 0.717) is 43.4 Å². The van der Waals surface area contributed by atoms with E-state index in [0.717, 1.165) is 16.9 Å². The Bertz CT molecular complexity index is 878. The minimum absolute atomic E-state index is 0.258. The van der Waals surface area contributed by atoms with Gasteiger partial charge in [0.25, 0.3) is 0 Å². The number of aliphatic imine (C=N–C) groups is 1.